The van der Waals surface area contributed by atoms with Crippen molar-refractivity contribution in [1.82, 2.24) is 9.97 Å². The van der Waals surface area contributed by atoms with Crippen molar-refractivity contribution in [2.75, 3.05) is 6.61 Å². The Balaban J connectivity index is 2.60. The van der Waals surface area contributed by atoms with Gasteiger partial charge in [-0.25, -0.2) is 4.98 Å². The third-order valence-electron chi connectivity index (χ3n) is 2.24. The molecule has 0 unspecified atom stereocenters. The van der Waals surface area contributed by atoms with Crippen molar-refractivity contribution < 1.29 is 9.13 Å². The second-order valence-corrected chi connectivity index (χ2v) is 3.32. The van der Waals surface area contributed by atoms with Gasteiger partial charge in [0.15, 0.2) is 0 Å². The Bertz CT molecular complexity index is 581. The van der Waals surface area contributed by atoms with Gasteiger partial charge in [0.2, 0.25) is 5.82 Å². The molecule has 4 nitrogen and oxygen atoms in total. The Kier molecular flexibility index (Phi) is 3.18. The van der Waals surface area contributed by atoms with E-state index in [9.17, 15) is 9.18 Å². The Labute approximate surface area is 97.1 Å². The summed E-state index contributed by atoms with van der Waals surface area (Å²) in [6.07, 6.45) is 1.17. The van der Waals surface area contributed by atoms with Gasteiger partial charge in [0, 0.05) is 5.56 Å². The Morgan fingerprint density at radius 2 is 2.18 bits per heavy atom. The molecule has 0 saturated carbocycles. The van der Waals surface area contributed by atoms with Crippen LogP contribution in [0, 0.1) is 5.82 Å². The molecule has 0 spiro atoms. The molecule has 0 aliphatic heterocycles. The second-order valence-electron chi connectivity index (χ2n) is 3.32. The van der Waals surface area contributed by atoms with Crippen LogP contribution in [0.4, 0.5) is 4.39 Å². The van der Waals surface area contributed by atoms with E-state index in [1.807, 2.05) is 6.92 Å². The van der Waals surface area contributed by atoms with Crippen LogP contribution in [0.25, 0.3) is 11.3 Å². The molecule has 0 fully saturated rings. The minimum absolute atomic E-state index is 0.00204. The molecule has 0 bridgehead atoms. The molecule has 0 atom stereocenters. The van der Waals surface area contributed by atoms with Gasteiger partial charge in [0.05, 0.1) is 12.9 Å². The van der Waals surface area contributed by atoms with Crippen LogP contribution in [-0.4, -0.2) is 16.6 Å². The summed E-state index contributed by atoms with van der Waals surface area (Å²) in [4.78, 5) is 17.2. The molecule has 2 rings (SSSR count). The monoisotopic (exact) mass is 234 g/mol. The topological polar surface area (TPSA) is 55.0 Å². The van der Waals surface area contributed by atoms with Crippen molar-refractivity contribution in [2.24, 2.45) is 0 Å². The van der Waals surface area contributed by atoms with Crippen molar-refractivity contribution in [3.63, 3.8) is 0 Å². The van der Waals surface area contributed by atoms with Gasteiger partial charge < -0.3 is 9.72 Å². The SMILES string of the molecule is CCOc1ccccc1-c1nc[nH]c(=O)c1F. The fourth-order valence-electron chi connectivity index (χ4n) is 1.51. The number of hydrogen-bond acceptors (Lipinski definition) is 3. The van der Waals surface area contributed by atoms with Crippen LogP contribution in [0.15, 0.2) is 35.4 Å². The largest absolute Gasteiger partial charge is 0.493 e. The molecule has 1 heterocycles. The molecule has 1 aromatic carbocycles. The molecule has 0 aliphatic rings. The molecule has 2 aromatic rings. The van der Waals surface area contributed by atoms with Crippen LogP contribution < -0.4 is 10.3 Å². The second kappa shape index (κ2) is 4.78. The van der Waals surface area contributed by atoms with E-state index in [0.29, 0.717) is 17.9 Å². The number of nitrogens with zero attached hydrogens (tertiary/aromatic N) is 1. The first-order chi connectivity index (χ1) is 8.24. The van der Waals surface area contributed by atoms with E-state index < -0.39 is 11.4 Å². The van der Waals surface area contributed by atoms with Crippen LogP contribution >= 0.6 is 0 Å². The summed E-state index contributed by atoms with van der Waals surface area (Å²) in [7, 11) is 0. The van der Waals surface area contributed by atoms with Gasteiger partial charge in [0.1, 0.15) is 11.4 Å². The maximum atomic E-state index is 13.6. The molecule has 5 heteroatoms. The van der Waals surface area contributed by atoms with Crippen LogP contribution in [0.3, 0.4) is 0 Å². The number of para-hydroxylation sites is 1. The highest BCUT2D eigenvalue weighted by atomic mass is 19.1. The summed E-state index contributed by atoms with van der Waals surface area (Å²) in [5, 5.41) is 0. The first kappa shape index (κ1) is 11.3. The Morgan fingerprint density at radius 3 is 2.94 bits per heavy atom. The van der Waals surface area contributed by atoms with Gasteiger partial charge in [-0.3, -0.25) is 4.79 Å². The first-order valence-corrected chi connectivity index (χ1v) is 5.19. The number of benzene rings is 1. The quantitative estimate of drug-likeness (QED) is 0.883. The smallest absolute Gasteiger partial charge is 0.287 e. The maximum absolute atomic E-state index is 13.6. The highest BCUT2D eigenvalue weighted by Gasteiger charge is 2.14. The maximum Gasteiger partial charge on any atom is 0.287 e. The summed E-state index contributed by atoms with van der Waals surface area (Å²) in [5.41, 5.74) is -0.322. The average Bonchev–Trinajstić information content (AvgIpc) is 2.34. The van der Waals surface area contributed by atoms with Crippen LogP contribution in [0.2, 0.25) is 0 Å². The van der Waals surface area contributed by atoms with Crippen LogP contribution in [0.1, 0.15) is 6.92 Å². The van der Waals surface area contributed by atoms with Crippen molar-refractivity contribution >= 4 is 0 Å². The molecular weight excluding hydrogens is 223 g/mol. The summed E-state index contributed by atoms with van der Waals surface area (Å²) < 4.78 is 19.0. The van der Waals surface area contributed by atoms with E-state index in [-0.39, 0.29) is 5.69 Å². The predicted molar refractivity (Wildman–Crippen MR) is 61.4 cm³/mol. The molecule has 17 heavy (non-hydrogen) atoms. The number of hydrogen-bond donors (Lipinski definition) is 1. The number of H-pyrrole nitrogens is 1. The summed E-state index contributed by atoms with van der Waals surface area (Å²) in [5.74, 6) is -0.397. The number of ether oxygens (including phenoxy) is 1. The van der Waals surface area contributed by atoms with Crippen molar-refractivity contribution in [3.05, 3.63) is 46.8 Å². The van der Waals surface area contributed by atoms with E-state index in [4.69, 9.17) is 4.74 Å². The lowest BCUT2D eigenvalue weighted by Gasteiger charge is -2.09. The molecule has 1 N–H and O–H groups in total. The average molecular weight is 234 g/mol. The van der Waals surface area contributed by atoms with E-state index in [0.717, 1.165) is 0 Å². The predicted octanol–water partition coefficient (Wildman–Crippen LogP) is 1.97. The summed E-state index contributed by atoms with van der Waals surface area (Å²) >= 11 is 0. The molecule has 88 valence electrons. The molecule has 0 radical (unpaired) electrons. The number of nitrogens with one attached hydrogen (secondary N) is 1. The highest BCUT2D eigenvalue weighted by Crippen LogP contribution is 2.28. The lowest BCUT2D eigenvalue weighted by molar-refractivity contribution is 0.341. The standard InChI is InChI=1S/C12H11FN2O2/c1-2-17-9-6-4-3-5-8(9)11-10(13)12(16)15-7-14-11/h3-7H,2H2,1H3,(H,14,15,16). The van der Waals surface area contributed by atoms with E-state index in [2.05, 4.69) is 9.97 Å². The fourth-order valence-corrected chi connectivity index (χ4v) is 1.51. The lowest BCUT2D eigenvalue weighted by atomic mass is 10.1. The van der Waals surface area contributed by atoms with Crippen molar-refractivity contribution in [3.8, 4) is 17.0 Å². The zero-order valence-electron chi connectivity index (χ0n) is 9.24. The number of halogens is 1. The van der Waals surface area contributed by atoms with Crippen molar-refractivity contribution in [1.29, 1.82) is 0 Å². The lowest BCUT2D eigenvalue weighted by Crippen LogP contribution is -2.12. The van der Waals surface area contributed by atoms with Crippen LogP contribution in [0.5, 0.6) is 5.75 Å². The minimum Gasteiger partial charge on any atom is -0.493 e. The van der Waals surface area contributed by atoms with Gasteiger partial charge in [0.25, 0.3) is 5.56 Å². The number of aromatic nitrogens is 2. The normalized spacial score (nSPS) is 10.2. The molecule has 1 aromatic heterocycles. The van der Waals surface area contributed by atoms with Gasteiger partial charge in [-0.1, -0.05) is 12.1 Å². The summed E-state index contributed by atoms with van der Waals surface area (Å²) in [6, 6.07) is 6.89. The Morgan fingerprint density at radius 1 is 1.41 bits per heavy atom. The van der Waals surface area contributed by atoms with E-state index >= 15 is 0 Å². The van der Waals surface area contributed by atoms with Gasteiger partial charge in [-0.2, -0.15) is 4.39 Å². The van der Waals surface area contributed by atoms with Crippen LogP contribution in [-0.2, 0) is 0 Å². The van der Waals surface area contributed by atoms with Gasteiger partial charge in [-0.05, 0) is 19.1 Å². The van der Waals surface area contributed by atoms with Gasteiger partial charge >= 0.3 is 0 Å². The molecule has 0 saturated heterocycles. The zero-order valence-corrected chi connectivity index (χ0v) is 9.24. The Hall–Kier alpha value is -2.17. The third-order valence-corrected chi connectivity index (χ3v) is 2.24. The third kappa shape index (κ3) is 2.18. The number of rotatable bonds is 3. The minimum atomic E-state index is -0.903. The zero-order chi connectivity index (χ0) is 12.3. The molecular formula is C12H11FN2O2. The van der Waals surface area contributed by atoms with E-state index in [1.54, 1.807) is 24.3 Å². The fraction of sp³-hybridized carbons (Fsp3) is 0.167. The summed E-state index contributed by atoms with van der Waals surface area (Å²) in [6.45, 7) is 2.29. The molecule has 0 aliphatic carbocycles. The highest BCUT2D eigenvalue weighted by molar-refractivity contribution is 5.67. The molecule has 0 amide bonds. The van der Waals surface area contributed by atoms with Gasteiger partial charge in [-0.15, -0.1) is 0 Å². The van der Waals surface area contributed by atoms with Crippen molar-refractivity contribution in [2.45, 2.75) is 6.92 Å². The first-order valence-electron chi connectivity index (χ1n) is 5.19. The van der Waals surface area contributed by atoms with E-state index in [1.165, 1.54) is 6.33 Å². The number of aromatic amines is 1.